The summed E-state index contributed by atoms with van der Waals surface area (Å²) in [4.78, 5) is 15.1. The minimum Gasteiger partial charge on any atom is -0.496 e. The minimum atomic E-state index is -3.51. The number of methoxy groups -OCH3 is 1. The molecule has 0 unspecified atom stereocenters. The van der Waals surface area contributed by atoms with Crippen molar-refractivity contribution in [3.05, 3.63) is 77.9 Å². The normalized spacial score (nSPS) is 14.4. The number of nitrogens with one attached hydrogen (secondary N) is 1. The zero-order valence-electron chi connectivity index (χ0n) is 19.8. The lowest BCUT2D eigenvalue weighted by Crippen LogP contribution is -2.38. The van der Waals surface area contributed by atoms with E-state index in [2.05, 4.69) is 5.32 Å². The summed E-state index contributed by atoms with van der Waals surface area (Å²) in [5.41, 5.74) is 1.30. The maximum Gasteiger partial charge on any atom is 0.259 e. The van der Waals surface area contributed by atoms with Crippen molar-refractivity contribution in [3.63, 3.8) is 0 Å². The number of anilines is 2. The molecule has 0 atom stereocenters. The number of benzene rings is 3. The summed E-state index contributed by atoms with van der Waals surface area (Å²) >= 11 is 0. The van der Waals surface area contributed by atoms with Gasteiger partial charge in [-0.2, -0.15) is 0 Å². The van der Waals surface area contributed by atoms with Crippen LogP contribution in [-0.2, 0) is 9.84 Å². The molecule has 1 amide bonds. The van der Waals surface area contributed by atoms with E-state index >= 15 is 0 Å². The second-order valence-corrected chi connectivity index (χ2v) is 10.5. The first-order chi connectivity index (χ1) is 17.2. The van der Waals surface area contributed by atoms with E-state index in [9.17, 15) is 22.0 Å². The SMILES string of the molecule is COc1ccccc1C(=O)Nc1cc(S(C)(=O)=O)ccc1N1CCC(Oc2ccc(F)cc2F)CC1. The van der Waals surface area contributed by atoms with Gasteiger partial charge in [0.2, 0.25) is 0 Å². The van der Waals surface area contributed by atoms with E-state index in [1.807, 2.05) is 4.90 Å². The van der Waals surface area contributed by atoms with Crippen LogP contribution in [0.15, 0.2) is 65.6 Å². The smallest absolute Gasteiger partial charge is 0.259 e. The molecule has 190 valence electrons. The molecule has 1 fully saturated rings. The lowest BCUT2D eigenvalue weighted by atomic mass is 10.1. The van der Waals surface area contributed by atoms with Gasteiger partial charge in [-0.3, -0.25) is 4.79 Å². The number of nitrogens with zero attached hydrogens (tertiary/aromatic N) is 1. The van der Waals surface area contributed by atoms with E-state index in [1.165, 1.54) is 25.3 Å². The van der Waals surface area contributed by atoms with E-state index in [1.54, 1.807) is 30.3 Å². The summed E-state index contributed by atoms with van der Waals surface area (Å²) in [6.45, 7) is 1.03. The predicted molar refractivity (Wildman–Crippen MR) is 133 cm³/mol. The third-order valence-corrected chi connectivity index (χ3v) is 7.08. The van der Waals surface area contributed by atoms with Crippen LogP contribution in [0.2, 0.25) is 0 Å². The van der Waals surface area contributed by atoms with Crippen molar-refractivity contribution in [2.24, 2.45) is 0 Å². The van der Waals surface area contributed by atoms with Crippen molar-refractivity contribution in [2.75, 3.05) is 36.7 Å². The summed E-state index contributed by atoms with van der Waals surface area (Å²) in [6.07, 6.45) is 1.92. The molecule has 10 heteroatoms. The van der Waals surface area contributed by atoms with Crippen molar-refractivity contribution in [1.29, 1.82) is 0 Å². The molecule has 0 aromatic heterocycles. The summed E-state index contributed by atoms with van der Waals surface area (Å²) in [5, 5.41) is 2.83. The van der Waals surface area contributed by atoms with E-state index in [4.69, 9.17) is 9.47 Å². The van der Waals surface area contributed by atoms with Crippen LogP contribution in [0.25, 0.3) is 0 Å². The van der Waals surface area contributed by atoms with Crippen LogP contribution in [0.4, 0.5) is 20.2 Å². The maximum absolute atomic E-state index is 14.0. The second-order valence-electron chi connectivity index (χ2n) is 8.48. The molecule has 36 heavy (non-hydrogen) atoms. The minimum absolute atomic E-state index is 0.00267. The number of halogens is 2. The number of carbonyl (C=O) groups is 1. The Labute approximate surface area is 208 Å². The Morgan fingerprint density at radius 2 is 1.72 bits per heavy atom. The number of carbonyl (C=O) groups excluding carboxylic acids is 1. The van der Waals surface area contributed by atoms with Crippen LogP contribution in [-0.4, -0.2) is 46.9 Å². The first-order valence-electron chi connectivity index (χ1n) is 11.3. The third-order valence-electron chi connectivity index (χ3n) is 5.97. The van der Waals surface area contributed by atoms with Gasteiger partial charge in [0.05, 0.1) is 28.9 Å². The fourth-order valence-electron chi connectivity index (χ4n) is 4.11. The molecule has 0 radical (unpaired) electrons. The molecule has 0 bridgehead atoms. The molecule has 3 aromatic carbocycles. The van der Waals surface area contributed by atoms with E-state index in [0.717, 1.165) is 18.4 Å². The largest absolute Gasteiger partial charge is 0.496 e. The van der Waals surface area contributed by atoms with Crippen LogP contribution in [0, 0.1) is 11.6 Å². The Morgan fingerprint density at radius 3 is 2.39 bits per heavy atom. The predicted octanol–water partition coefficient (Wildman–Crippen LogP) is 4.68. The van der Waals surface area contributed by atoms with Crippen LogP contribution < -0.4 is 19.7 Å². The number of ether oxygens (including phenoxy) is 2. The molecule has 1 saturated heterocycles. The maximum atomic E-state index is 14.0. The van der Waals surface area contributed by atoms with Crippen molar-refractivity contribution >= 4 is 27.1 Å². The molecule has 1 aliphatic heterocycles. The molecule has 1 aliphatic rings. The highest BCUT2D eigenvalue weighted by molar-refractivity contribution is 7.90. The quantitative estimate of drug-likeness (QED) is 0.491. The number of amides is 1. The monoisotopic (exact) mass is 516 g/mol. The summed E-state index contributed by atoms with van der Waals surface area (Å²) in [5.74, 6) is -1.48. The van der Waals surface area contributed by atoms with Gasteiger partial charge in [-0.1, -0.05) is 12.1 Å². The second kappa shape index (κ2) is 10.5. The lowest BCUT2D eigenvalue weighted by Gasteiger charge is -2.35. The summed E-state index contributed by atoms with van der Waals surface area (Å²) < 4.78 is 62.5. The highest BCUT2D eigenvalue weighted by Crippen LogP contribution is 2.33. The van der Waals surface area contributed by atoms with E-state index in [0.29, 0.717) is 48.6 Å². The van der Waals surface area contributed by atoms with Crippen molar-refractivity contribution in [2.45, 2.75) is 23.8 Å². The Kier molecular flexibility index (Phi) is 7.44. The number of rotatable bonds is 7. The third kappa shape index (κ3) is 5.76. The van der Waals surface area contributed by atoms with Crippen LogP contribution in [0.1, 0.15) is 23.2 Å². The van der Waals surface area contributed by atoms with E-state index < -0.39 is 27.4 Å². The molecule has 0 aliphatic carbocycles. The number of piperidine rings is 1. The van der Waals surface area contributed by atoms with Crippen molar-refractivity contribution in [1.82, 2.24) is 0 Å². The average Bonchev–Trinajstić information content (AvgIpc) is 2.85. The zero-order valence-corrected chi connectivity index (χ0v) is 20.6. The fourth-order valence-corrected chi connectivity index (χ4v) is 4.76. The molecular weight excluding hydrogens is 490 g/mol. The lowest BCUT2D eigenvalue weighted by molar-refractivity contribution is 0.102. The number of sulfone groups is 1. The van der Waals surface area contributed by atoms with Gasteiger partial charge in [0, 0.05) is 38.3 Å². The van der Waals surface area contributed by atoms with Gasteiger partial charge in [-0.15, -0.1) is 0 Å². The molecular formula is C26H26F2N2O5S. The standard InChI is InChI=1S/C26H26F2N2O5S/c1-34-24-6-4-3-5-20(24)26(31)29-22-16-19(36(2,32)33)8-9-23(22)30-13-11-18(12-14-30)35-25-10-7-17(27)15-21(25)28/h3-10,15-16,18H,11-14H2,1-2H3,(H,29,31). The molecule has 7 nitrogen and oxygen atoms in total. The number of hydrogen-bond donors (Lipinski definition) is 1. The molecule has 1 heterocycles. The highest BCUT2D eigenvalue weighted by Gasteiger charge is 2.25. The van der Waals surface area contributed by atoms with Gasteiger partial charge in [0.25, 0.3) is 5.91 Å². The van der Waals surface area contributed by atoms with Gasteiger partial charge < -0.3 is 19.7 Å². The summed E-state index contributed by atoms with van der Waals surface area (Å²) in [7, 11) is -2.05. The van der Waals surface area contributed by atoms with Gasteiger partial charge in [-0.05, 0) is 42.5 Å². The zero-order chi connectivity index (χ0) is 25.9. The van der Waals surface area contributed by atoms with Gasteiger partial charge >= 0.3 is 0 Å². The topological polar surface area (TPSA) is 84.9 Å². The Morgan fingerprint density at radius 1 is 1.00 bits per heavy atom. The van der Waals surface area contributed by atoms with Crippen LogP contribution >= 0.6 is 0 Å². The van der Waals surface area contributed by atoms with Gasteiger partial charge in [0.15, 0.2) is 21.4 Å². The van der Waals surface area contributed by atoms with Crippen molar-refractivity contribution < 1.29 is 31.5 Å². The summed E-state index contributed by atoms with van der Waals surface area (Å²) in [6, 6.07) is 14.5. The Balaban J connectivity index is 1.55. The van der Waals surface area contributed by atoms with Crippen LogP contribution in [0.5, 0.6) is 11.5 Å². The molecule has 3 aromatic rings. The highest BCUT2D eigenvalue weighted by atomic mass is 32.2. The molecule has 0 spiro atoms. The average molecular weight is 517 g/mol. The van der Waals surface area contributed by atoms with E-state index in [-0.39, 0.29) is 16.7 Å². The van der Waals surface area contributed by atoms with Crippen LogP contribution in [0.3, 0.4) is 0 Å². The first kappa shape index (κ1) is 25.4. The molecule has 1 N–H and O–H groups in total. The molecule has 4 rings (SSSR count). The molecule has 0 saturated carbocycles. The van der Waals surface area contributed by atoms with Crippen molar-refractivity contribution in [3.8, 4) is 11.5 Å². The number of hydrogen-bond acceptors (Lipinski definition) is 6. The number of para-hydroxylation sites is 1. The fraction of sp³-hybridized carbons (Fsp3) is 0.269. The Bertz CT molecular complexity index is 1370. The Hall–Kier alpha value is -3.66. The first-order valence-corrected chi connectivity index (χ1v) is 13.2. The van der Waals surface area contributed by atoms with Gasteiger partial charge in [0.1, 0.15) is 17.7 Å². The van der Waals surface area contributed by atoms with Gasteiger partial charge in [-0.25, -0.2) is 17.2 Å².